The Labute approximate surface area is 128 Å². The first-order chi connectivity index (χ1) is 9.61. The Hall–Kier alpha value is -1.45. The molecular formula is C16H15ClO2S. The summed E-state index contributed by atoms with van der Waals surface area (Å²) >= 11 is 7.51. The second kappa shape index (κ2) is 6.82. The number of ketones is 1. The summed E-state index contributed by atoms with van der Waals surface area (Å²) in [6, 6.07) is 13.1. The Kier molecular flexibility index (Phi) is 5.10. The van der Waals surface area contributed by atoms with Crippen LogP contribution in [-0.2, 0) is 0 Å². The van der Waals surface area contributed by atoms with E-state index in [1.807, 2.05) is 49.4 Å². The molecule has 4 heteroatoms. The Morgan fingerprint density at radius 2 is 2.00 bits per heavy atom. The van der Waals surface area contributed by atoms with Gasteiger partial charge in [0.1, 0.15) is 5.75 Å². The van der Waals surface area contributed by atoms with E-state index in [1.165, 1.54) is 11.8 Å². The largest absolute Gasteiger partial charge is 0.496 e. The van der Waals surface area contributed by atoms with Crippen molar-refractivity contribution in [3.8, 4) is 5.75 Å². The lowest BCUT2D eigenvalue weighted by Crippen LogP contribution is -2.05. The summed E-state index contributed by atoms with van der Waals surface area (Å²) in [5, 5.41) is 0.668. The molecule has 0 spiro atoms. The van der Waals surface area contributed by atoms with Crippen LogP contribution >= 0.6 is 23.4 Å². The molecule has 0 heterocycles. The SMILES string of the molecule is COc1cc(C)ccc1C(=O)CSc1ccccc1Cl. The van der Waals surface area contributed by atoms with Crippen LogP contribution in [0.1, 0.15) is 15.9 Å². The van der Waals surface area contributed by atoms with Crippen LogP contribution in [0.4, 0.5) is 0 Å². The van der Waals surface area contributed by atoms with E-state index in [2.05, 4.69) is 0 Å². The molecule has 0 saturated heterocycles. The first-order valence-corrected chi connectivity index (χ1v) is 7.53. The number of Topliss-reactive ketones (excluding diaryl/α,β-unsaturated/α-hetero) is 1. The van der Waals surface area contributed by atoms with Gasteiger partial charge in [0.05, 0.1) is 23.4 Å². The van der Waals surface area contributed by atoms with Gasteiger partial charge >= 0.3 is 0 Å². The summed E-state index contributed by atoms with van der Waals surface area (Å²) in [7, 11) is 1.58. The Bertz CT molecular complexity index is 626. The fourth-order valence-electron chi connectivity index (χ4n) is 1.81. The number of hydrogen-bond acceptors (Lipinski definition) is 3. The smallest absolute Gasteiger partial charge is 0.176 e. The van der Waals surface area contributed by atoms with Gasteiger partial charge in [-0.25, -0.2) is 0 Å². The van der Waals surface area contributed by atoms with E-state index >= 15 is 0 Å². The zero-order valence-corrected chi connectivity index (χ0v) is 12.9. The van der Waals surface area contributed by atoms with Crippen molar-refractivity contribution in [1.29, 1.82) is 0 Å². The number of ether oxygens (including phenoxy) is 1. The molecule has 2 aromatic carbocycles. The van der Waals surface area contributed by atoms with Crippen LogP contribution in [0.2, 0.25) is 5.02 Å². The van der Waals surface area contributed by atoms with Crippen LogP contribution in [0.5, 0.6) is 5.75 Å². The maximum atomic E-state index is 12.3. The van der Waals surface area contributed by atoms with Crippen molar-refractivity contribution in [2.75, 3.05) is 12.9 Å². The lowest BCUT2D eigenvalue weighted by Gasteiger charge is -2.09. The van der Waals surface area contributed by atoms with Gasteiger partial charge in [0, 0.05) is 4.90 Å². The van der Waals surface area contributed by atoms with Crippen molar-refractivity contribution in [2.24, 2.45) is 0 Å². The molecule has 0 unspecified atom stereocenters. The van der Waals surface area contributed by atoms with E-state index in [9.17, 15) is 4.79 Å². The predicted molar refractivity (Wildman–Crippen MR) is 84.2 cm³/mol. The summed E-state index contributed by atoms with van der Waals surface area (Å²) in [4.78, 5) is 13.2. The van der Waals surface area contributed by atoms with Crippen LogP contribution in [0.25, 0.3) is 0 Å². The predicted octanol–water partition coefficient (Wildman–Crippen LogP) is 4.63. The number of methoxy groups -OCH3 is 1. The molecule has 0 bridgehead atoms. The maximum absolute atomic E-state index is 12.3. The number of hydrogen-bond donors (Lipinski definition) is 0. The van der Waals surface area contributed by atoms with Gasteiger partial charge in [0.2, 0.25) is 0 Å². The molecular weight excluding hydrogens is 292 g/mol. The molecule has 0 atom stereocenters. The summed E-state index contributed by atoms with van der Waals surface area (Å²) in [6.07, 6.45) is 0. The normalized spacial score (nSPS) is 10.3. The highest BCUT2D eigenvalue weighted by atomic mass is 35.5. The van der Waals surface area contributed by atoms with Gasteiger partial charge < -0.3 is 4.74 Å². The van der Waals surface area contributed by atoms with Gasteiger partial charge in [0.25, 0.3) is 0 Å². The van der Waals surface area contributed by atoms with Crippen molar-refractivity contribution in [3.63, 3.8) is 0 Å². The third-order valence-corrected chi connectivity index (χ3v) is 4.37. The minimum Gasteiger partial charge on any atom is -0.496 e. The van der Waals surface area contributed by atoms with Crippen LogP contribution in [-0.4, -0.2) is 18.6 Å². The first-order valence-electron chi connectivity index (χ1n) is 6.17. The lowest BCUT2D eigenvalue weighted by molar-refractivity contribution is 0.101. The van der Waals surface area contributed by atoms with E-state index in [0.29, 0.717) is 22.1 Å². The lowest BCUT2D eigenvalue weighted by atomic mass is 10.1. The number of carbonyl (C=O) groups excluding carboxylic acids is 1. The molecule has 2 nitrogen and oxygen atoms in total. The summed E-state index contributed by atoms with van der Waals surface area (Å²) in [5.41, 5.74) is 1.68. The average Bonchev–Trinajstić information content (AvgIpc) is 2.46. The zero-order valence-electron chi connectivity index (χ0n) is 11.4. The van der Waals surface area contributed by atoms with Crippen molar-refractivity contribution < 1.29 is 9.53 Å². The second-order valence-corrected chi connectivity index (χ2v) is 5.77. The highest BCUT2D eigenvalue weighted by Gasteiger charge is 2.13. The van der Waals surface area contributed by atoms with Gasteiger partial charge in [-0.1, -0.05) is 29.8 Å². The van der Waals surface area contributed by atoms with E-state index in [4.69, 9.17) is 16.3 Å². The minimum atomic E-state index is 0.0340. The van der Waals surface area contributed by atoms with E-state index in [-0.39, 0.29) is 5.78 Å². The van der Waals surface area contributed by atoms with Crippen molar-refractivity contribution in [1.82, 2.24) is 0 Å². The molecule has 2 aromatic rings. The number of thioether (sulfide) groups is 1. The molecule has 20 heavy (non-hydrogen) atoms. The Morgan fingerprint density at radius 3 is 2.70 bits per heavy atom. The van der Waals surface area contributed by atoms with Crippen molar-refractivity contribution >= 4 is 29.1 Å². The third-order valence-electron chi connectivity index (χ3n) is 2.85. The molecule has 0 saturated carbocycles. The van der Waals surface area contributed by atoms with Gasteiger partial charge in [-0.15, -0.1) is 11.8 Å². The fourth-order valence-corrected chi connectivity index (χ4v) is 2.93. The molecule has 104 valence electrons. The average molecular weight is 307 g/mol. The first kappa shape index (κ1) is 14.9. The zero-order chi connectivity index (χ0) is 14.5. The molecule has 0 aliphatic heterocycles. The Morgan fingerprint density at radius 1 is 1.25 bits per heavy atom. The molecule has 0 aliphatic rings. The standard InChI is InChI=1S/C16H15ClO2S/c1-11-7-8-12(15(9-11)19-2)14(18)10-20-16-6-4-3-5-13(16)17/h3-9H,10H2,1-2H3. The highest BCUT2D eigenvalue weighted by molar-refractivity contribution is 8.00. The molecule has 0 radical (unpaired) electrons. The van der Waals surface area contributed by atoms with E-state index < -0.39 is 0 Å². The maximum Gasteiger partial charge on any atom is 0.176 e. The van der Waals surface area contributed by atoms with Gasteiger partial charge in [-0.3, -0.25) is 4.79 Å². The van der Waals surface area contributed by atoms with Crippen molar-refractivity contribution in [3.05, 3.63) is 58.6 Å². The van der Waals surface area contributed by atoms with Crippen LogP contribution in [0.15, 0.2) is 47.4 Å². The summed E-state index contributed by atoms with van der Waals surface area (Å²) in [5.74, 6) is 0.991. The highest BCUT2D eigenvalue weighted by Crippen LogP contribution is 2.28. The molecule has 0 N–H and O–H groups in total. The van der Waals surface area contributed by atoms with Crippen LogP contribution in [0, 0.1) is 6.92 Å². The molecule has 0 amide bonds. The third kappa shape index (κ3) is 3.56. The topological polar surface area (TPSA) is 26.3 Å². The molecule has 0 aliphatic carbocycles. The number of benzene rings is 2. The van der Waals surface area contributed by atoms with Gasteiger partial charge in [-0.2, -0.15) is 0 Å². The summed E-state index contributed by atoms with van der Waals surface area (Å²) < 4.78 is 5.27. The minimum absolute atomic E-state index is 0.0340. The fraction of sp³-hybridized carbons (Fsp3) is 0.188. The number of carbonyl (C=O) groups is 1. The number of halogens is 1. The molecule has 2 rings (SSSR count). The monoisotopic (exact) mass is 306 g/mol. The van der Waals surface area contributed by atoms with Crippen LogP contribution in [0.3, 0.4) is 0 Å². The van der Waals surface area contributed by atoms with Gasteiger partial charge in [-0.05, 0) is 36.8 Å². The van der Waals surface area contributed by atoms with E-state index in [1.54, 1.807) is 7.11 Å². The Balaban J connectivity index is 2.11. The molecule has 0 fully saturated rings. The molecule has 0 aromatic heterocycles. The number of rotatable bonds is 5. The number of aryl methyl sites for hydroxylation is 1. The van der Waals surface area contributed by atoms with Crippen LogP contribution < -0.4 is 4.74 Å². The van der Waals surface area contributed by atoms with Gasteiger partial charge in [0.15, 0.2) is 5.78 Å². The quantitative estimate of drug-likeness (QED) is 0.595. The van der Waals surface area contributed by atoms with Crippen molar-refractivity contribution in [2.45, 2.75) is 11.8 Å². The second-order valence-electron chi connectivity index (χ2n) is 4.35. The summed E-state index contributed by atoms with van der Waals surface area (Å²) in [6.45, 7) is 1.97. The van der Waals surface area contributed by atoms with E-state index in [0.717, 1.165) is 10.5 Å².